The minimum absolute atomic E-state index is 0.231. The van der Waals surface area contributed by atoms with E-state index in [2.05, 4.69) is 12.2 Å². The van der Waals surface area contributed by atoms with Crippen LogP contribution in [0.1, 0.15) is 148 Å². The van der Waals surface area contributed by atoms with Crippen molar-refractivity contribution in [1.29, 1.82) is 0 Å². The normalized spacial score (nSPS) is 23.7. The molecular weight excluding hydrogens is 594 g/mol. The zero-order chi connectivity index (χ0) is 34.0. The van der Waals surface area contributed by atoms with E-state index < -0.39 is 55.6 Å². The van der Waals surface area contributed by atoms with Crippen LogP contribution in [0.2, 0.25) is 0 Å². The molecule has 0 aromatic heterocycles. The second-order valence-electron chi connectivity index (χ2n) is 13.2. The summed E-state index contributed by atoms with van der Waals surface area (Å²) in [5, 5.41) is 73.4. The smallest absolute Gasteiger partial charge is 0.220 e. The Hall–Kier alpha value is -0.890. The Morgan fingerprint density at radius 1 is 0.696 bits per heavy atom. The summed E-state index contributed by atoms with van der Waals surface area (Å²) in [6.07, 6.45) is 12.8. The number of aliphatic hydroxyl groups excluding tert-OH is 7. The molecule has 0 unspecified atom stereocenters. The molecule has 1 aliphatic heterocycles. The molecule has 0 aromatic rings. The number of unbranched alkanes of at least 4 members (excludes halogenated alkanes) is 18. The lowest BCUT2D eigenvalue weighted by molar-refractivity contribution is -0.303. The van der Waals surface area contributed by atoms with Gasteiger partial charge in [-0.25, -0.2) is 0 Å². The first kappa shape index (κ1) is 43.1. The molecule has 0 bridgehead atoms. The summed E-state index contributed by atoms with van der Waals surface area (Å²) >= 11 is 0. The van der Waals surface area contributed by atoms with Gasteiger partial charge in [0, 0.05) is 13.0 Å². The summed E-state index contributed by atoms with van der Waals surface area (Å²) in [7, 11) is 0. The molecule has 11 nitrogen and oxygen atoms in total. The van der Waals surface area contributed by atoms with Gasteiger partial charge in [-0.1, -0.05) is 122 Å². The third-order valence-electron chi connectivity index (χ3n) is 9.11. The molecule has 274 valence electrons. The summed E-state index contributed by atoms with van der Waals surface area (Å²) in [5.74, 6) is -0.290. The largest absolute Gasteiger partial charge is 0.396 e. The Kier molecular flexibility index (Phi) is 26.3. The summed E-state index contributed by atoms with van der Waals surface area (Å²) in [4.78, 5) is 12.8. The van der Waals surface area contributed by atoms with Gasteiger partial charge in [0.1, 0.15) is 30.5 Å². The van der Waals surface area contributed by atoms with Crippen LogP contribution in [0.4, 0.5) is 0 Å². The molecule has 0 spiro atoms. The maximum atomic E-state index is 12.8. The van der Waals surface area contributed by atoms with Crippen molar-refractivity contribution in [1.82, 2.24) is 5.32 Å². The SMILES string of the molecule is CCCCCCCCCCCCCC[C@@H](O)[C@@H](O)[C@H](CO[C@H]1O[C@H](CO)[C@H](O)[C@H](O)[C@H]1O)NC(=O)CCCCCCCCCCO. The Morgan fingerprint density at radius 2 is 1.20 bits per heavy atom. The number of amides is 1. The highest BCUT2D eigenvalue weighted by molar-refractivity contribution is 5.76. The fourth-order valence-electron chi connectivity index (χ4n) is 6.00. The van der Waals surface area contributed by atoms with Gasteiger partial charge in [-0.3, -0.25) is 4.79 Å². The number of aliphatic hydroxyl groups is 7. The van der Waals surface area contributed by atoms with Gasteiger partial charge >= 0.3 is 0 Å². The number of hydrogen-bond acceptors (Lipinski definition) is 10. The van der Waals surface area contributed by atoms with Crippen LogP contribution >= 0.6 is 0 Å². The fourth-order valence-corrected chi connectivity index (χ4v) is 6.00. The van der Waals surface area contributed by atoms with E-state index in [0.29, 0.717) is 12.8 Å². The number of carbonyl (C=O) groups is 1. The average molecular weight is 664 g/mol. The lowest BCUT2D eigenvalue weighted by Crippen LogP contribution is -2.60. The number of ether oxygens (including phenoxy) is 2. The summed E-state index contributed by atoms with van der Waals surface area (Å²) < 4.78 is 11.0. The van der Waals surface area contributed by atoms with Crippen LogP contribution < -0.4 is 5.32 Å². The number of rotatable bonds is 30. The second-order valence-corrected chi connectivity index (χ2v) is 13.2. The molecule has 0 aliphatic carbocycles. The molecule has 0 aromatic carbocycles. The first-order valence-corrected chi connectivity index (χ1v) is 18.4. The molecule has 1 aliphatic rings. The van der Waals surface area contributed by atoms with E-state index in [1.165, 1.54) is 51.4 Å². The van der Waals surface area contributed by atoms with Crippen molar-refractivity contribution in [3.63, 3.8) is 0 Å². The number of carbonyl (C=O) groups excluding carboxylic acids is 1. The fraction of sp³-hybridized carbons (Fsp3) is 0.971. The quantitative estimate of drug-likeness (QED) is 0.0527. The van der Waals surface area contributed by atoms with Gasteiger partial charge < -0.3 is 50.5 Å². The number of hydrogen-bond donors (Lipinski definition) is 8. The molecule has 1 saturated heterocycles. The lowest BCUT2D eigenvalue weighted by Gasteiger charge is -2.40. The highest BCUT2D eigenvalue weighted by Gasteiger charge is 2.44. The molecule has 1 rings (SSSR count). The topological polar surface area (TPSA) is 189 Å². The second kappa shape index (κ2) is 28.0. The van der Waals surface area contributed by atoms with Crippen molar-refractivity contribution in [3.8, 4) is 0 Å². The maximum Gasteiger partial charge on any atom is 0.220 e. The van der Waals surface area contributed by atoms with E-state index in [1.54, 1.807) is 0 Å². The van der Waals surface area contributed by atoms with Crippen molar-refractivity contribution < 1.29 is 50.0 Å². The zero-order valence-corrected chi connectivity index (χ0v) is 28.7. The lowest BCUT2D eigenvalue weighted by atomic mass is 9.98. The average Bonchev–Trinajstić information content (AvgIpc) is 3.05. The van der Waals surface area contributed by atoms with Crippen molar-refractivity contribution >= 4 is 5.91 Å². The van der Waals surface area contributed by atoms with E-state index in [0.717, 1.165) is 70.6 Å². The first-order chi connectivity index (χ1) is 22.3. The summed E-state index contributed by atoms with van der Waals surface area (Å²) in [6, 6.07) is -1.00. The van der Waals surface area contributed by atoms with Crippen LogP contribution in [0.5, 0.6) is 0 Å². The third-order valence-corrected chi connectivity index (χ3v) is 9.11. The predicted molar refractivity (Wildman–Crippen MR) is 178 cm³/mol. The van der Waals surface area contributed by atoms with Gasteiger partial charge in [-0.05, 0) is 19.3 Å². The van der Waals surface area contributed by atoms with Crippen LogP contribution in [0.25, 0.3) is 0 Å². The molecule has 8 atom stereocenters. The monoisotopic (exact) mass is 663 g/mol. The van der Waals surface area contributed by atoms with E-state index in [4.69, 9.17) is 14.6 Å². The molecule has 1 fully saturated rings. The van der Waals surface area contributed by atoms with Crippen LogP contribution in [-0.4, -0.2) is 110 Å². The van der Waals surface area contributed by atoms with Crippen molar-refractivity contribution in [2.75, 3.05) is 19.8 Å². The maximum absolute atomic E-state index is 12.8. The minimum atomic E-state index is -1.61. The molecule has 11 heteroatoms. The summed E-state index contributed by atoms with van der Waals surface area (Å²) in [5.41, 5.74) is 0. The summed E-state index contributed by atoms with van der Waals surface area (Å²) in [6.45, 7) is 1.54. The molecule has 1 heterocycles. The Morgan fingerprint density at radius 3 is 1.72 bits per heavy atom. The van der Waals surface area contributed by atoms with Gasteiger partial charge in [0.05, 0.1) is 25.4 Å². The van der Waals surface area contributed by atoms with Crippen LogP contribution in [0, 0.1) is 0 Å². The molecule has 0 radical (unpaired) electrons. The van der Waals surface area contributed by atoms with Gasteiger partial charge in [-0.15, -0.1) is 0 Å². The zero-order valence-electron chi connectivity index (χ0n) is 28.7. The third kappa shape index (κ3) is 19.2. The van der Waals surface area contributed by atoms with Crippen molar-refractivity contribution in [2.24, 2.45) is 0 Å². The Bertz CT molecular complexity index is 715. The number of nitrogens with one attached hydrogen (secondary N) is 1. The van der Waals surface area contributed by atoms with Crippen LogP contribution in [-0.2, 0) is 14.3 Å². The Balaban J connectivity index is 2.51. The highest BCUT2D eigenvalue weighted by atomic mass is 16.7. The predicted octanol–water partition coefficient (Wildman–Crippen LogP) is 3.60. The van der Waals surface area contributed by atoms with E-state index >= 15 is 0 Å². The Labute approximate surface area is 278 Å². The van der Waals surface area contributed by atoms with Crippen molar-refractivity contribution in [2.45, 2.75) is 197 Å². The van der Waals surface area contributed by atoms with E-state index in [-0.39, 0.29) is 25.5 Å². The van der Waals surface area contributed by atoms with Crippen molar-refractivity contribution in [3.05, 3.63) is 0 Å². The van der Waals surface area contributed by atoms with Crippen LogP contribution in [0.15, 0.2) is 0 Å². The highest BCUT2D eigenvalue weighted by Crippen LogP contribution is 2.23. The van der Waals surface area contributed by atoms with Gasteiger partial charge in [0.25, 0.3) is 0 Å². The van der Waals surface area contributed by atoms with Crippen LogP contribution in [0.3, 0.4) is 0 Å². The molecule has 46 heavy (non-hydrogen) atoms. The first-order valence-electron chi connectivity index (χ1n) is 18.4. The van der Waals surface area contributed by atoms with Gasteiger partial charge in [0.15, 0.2) is 6.29 Å². The van der Waals surface area contributed by atoms with Gasteiger partial charge in [-0.2, -0.15) is 0 Å². The molecule has 1 amide bonds. The molecular formula is C35H69NO10. The molecule has 8 N–H and O–H groups in total. The standard InChI is InChI=1S/C35H69NO10/c1-2-3-4-5-6-7-8-9-10-13-16-19-22-28(39)31(41)27(26-45-35-34(44)33(43)32(42)29(25-38)46-35)36-30(40)23-20-17-14-11-12-15-18-21-24-37/h27-29,31-35,37-39,41-44H,2-26H2,1H3,(H,36,40)/t27-,28+,29+,31-,32-,33-,34+,35-/m0/s1. The van der Waals surface area contributed by atoms with E-state index in [9.17, 15) is 35.4 Å². The van der Waals surface area contributed by atoms with E-state index in [1.807, 2.05) is 0 Å². The molecule has 0 saturated carbocycles. The van der Waals surface area contributed by atoms with Gasteiger partial charge in [0.2, 0.25) is 5.91 Å². The minimum Gasteiger partial charge on any atom is -0.396 e.